The van der Waals surface area contributed by atoms with Gasteiger partial charge in [-0.25, -0.2) is 15.0 Å². The molecule has 0 unspecified atom stereocenters. The standard InChI is InChI=1S/C18H16N8/c1-2-4-13(5-3-1)26-11-21-15-16(22-12-6-7-12)24-18(25-17(15)26)23-14-8-9-19-10-20-14/h1-5,8-12H,6-7H2,(H2,19,20,22,23,24,25). The molecule has 3 aromatic heterocycles. The Kier molecular flexibility index (Phi) is 3.45. The number of fused-ring (bicyclic) bond motifs is 1. The van der Waals surface area contributed by atoms with Crippen molar-refractivity contribution in [3.63, 3.8) is 0 Å². The molecule has 0 saturated heterocycles. The summed E-state index contributed by atoms with van der Waals surface area (Å²) in [5.41, 5.74) is 2.50. The van der Waals surface area contributed by atoms with E-state index in [1.807, 2.05) is 34.9 Å². The zero-order valence-corrected chi connectivity index (χ0v) is 13.9. The molecule has 0 amide bonds. The number of nitrogens with one attached hydrogen (secondary N) is 2. The molecule has 4 aromatic rings. The van der Waals surface area contributed by atoms with E-state index in [4.69, 9.17) is 0 Å². The lowest BCUT2D eigenvalue weighted by Gasteiger charge is -2.10. The average molecular weight is 344 g/mol. The molecule has 0 spiro atoms. The molecule has 3 heterocycles. The molecule has 8 nitrogen and oxygen atoms in total. The Morgan fingerprint density at radius 2 is 1.88 bits per heavy atom. The number of para-hydroxylation sites is 1. The average Bonchev–Trinajstić information content (AvgIpc) is 3.39. The topological polar surface area (TPSA) is 93.4 Å². The minimum absolute atomic E-state index is 0.460. The summed E-state index contributed by atoms with van der Waals surface area (Å²) < 4.78 is 1.96. The molecule has 0 aliphatic heterocycles. The second-order valence-electron chi connectivity index (χ2n) is 6.16. The van der Waals surface area contributed by atoms with Gasteiger partial charge in [0.05, 0.1) is 0 Å². The third-order valence-corrected chi connectivity index (χ3v) is 4.17. The van der Waals surface area contributed by atoms with E-state index < -0.39 is 0 Å². The molecule has 1 aliphatic rings. The van der Waals surface area contributed by atoms with Crippen molar-refractivity contribution in [1.29, 1.82) is 0 Å². The summed E-state index contributed by atoms with van der Waals surface area (Å²) in [4.78, 5) is 21.9. The Balaban J connectivity index is 1.63. The Labute approximate surface area is 149 Å². The Morgan fingerprint density at radius 1 is 1.00 bits per heavy atom. The van der Waals surface area contributed by atoms with Gasteiger partial charge in [-0.3, -0.25) is 4.57 Å². The lowest BCUT2D eigenvalue weighted by molar-refractivity contribution is 1.05. The van der Waals surface area contributed by atoms with Gasteiger partial charge in [0.2, 0.25) is 5.95 Å². The minimum atomic E-state index is 0.460. The van der Waals surface area contributed by atoms with Crippen LogP contribution in [0.25, 0.3) is 16.9 Å². The minimum Gasteiger partial charge on any atom is -0.365 e. The van der Waals surface area contributed by atoms with Crippen LogP contribution in [0.15, 0.2) is 55.2 Å². The van der Waals surface area contributed by atoms with Crippen LogP contribution in [-0.4, -0.2) is 35.5 Å². The maximum absolute atomic E-state index is 4.67. The van der Waals surface area contributed by atoms with Crippen LogP contribution in [0.5, 0.6) is 0 Å². The van der Waals surface area contributed by atoms with E-state index in [1.165, 1.54) is 6.33 Å². The monoisotopic (exact) mass is 344 g/mol. The fourth-order valence-electron chi connectivity index (χ4n) is 2.73. The first-order chi connectivity index (χ1) is 12.9. The normalized spacial score (nSPS) is 13.7. The first kappa shape index (κ1) is 14.8. The molecule has 26 heavy (non-hydrogen) atoms. The van der Waals surface area contributed by atoms with Gasteiger partial charge in [-0.1, -0.05) is 18.2 Å². The van der Waals surface area contributed by atoms with Crippen LogP contribution in [0, 0.1) is 0 Å². The summed E-state index contributed by atoms with van der Waals surface area (Å²) in [6.07, 6.45) is 7.24. The molecule has 128 valence electrons. The maximum atomic E-state index is 4.67. The van der Waals surface area contributed by atoms with Crippen molar-refractivity contribution in [2.24, 2.45) is 0 Å². The summed E-state index contributed by atoms with van der Waals surface area (Å²) in [6, 6.07) is 12.2. The van der Waals surface area contributed by atoms with Gasteiger partial charge in [-0.2, -0.15) is 9.97 Å². The van der Waals surface area contributed by atoms with Crippen molar-refractivity contribution in [1.82, 2.24) is 29.5 Å². The fourth-order valence-corrected chi connectivity index (χ4v) is 2.73. The number of rotatable bonds is 5. The second-order valence-corrected chi connectivity index (χ2v) is 6.16. The Bertz CT molecular complexity index is 1040. The van der Waals surface area contributed by atoms with Gasteiger partial charge in [0.25, 0.3) is 0 Å². The first-order valence-corrected chi connectivity index (χ1v) is 8.47. The largest absolute Gasteiger partial charge is 0.365 e. The van der Waals surface area contributed by atoms with Crippen LogP contribution in [0.2, 0.25) is 0 Å². The highest BCUT2D eigenvalue weighted by molar-refractivity contribution is 5.86. The quantitative estimate of drug-likeness (QED) is 0.575. The molecule has 0 atom stereocenters. The molecule has 1 aromatic carbocycles. The summed E-state index contributed by atoms with van der Waals surface area (Å²) in [6.45, 7) is 0. The molecule has 0 radical (unpaired) electrons. The van der Waals surface area contributed by atoms with Crippen LogP contribution in [0.4, 0.5) is 17.6 Å². The van der Waals surface area contributed by atoms with Crippen molar-refractivity contribution in [2.75, 3.05) is 10.6 Å². The van der Waals surface area contributed by atoms with Gasteiger partial charge >= 0.3 is 0 Å². The molecule has 1 aliphatic carbocycles. The third-order valence-electron chi connectivity index (χ3n) is 4.17. The van der Waals surface area contributed by atoms with Crippen LogP contribution in [-0.2, 0) is 0 Å². The first-order valence-electron chi connectivity index (χ1n) is 8.47. The molecule has 2 N–H and O–H groups in total. The second kappa shape index (κ2) is 6.07. The number of hydrogen-bond acceptors (Lipinski definition) is 7. The van der Waals surface area contributed by atoms with Gasteiger partial charge in [0, 0.05) is 17.9 Å². The molecule has 5 rings (SSSR count). The van der Waals surface area contributed by atoms with E-state index in [0.717, 1.165) is 35.5 Å². The SMILES string of the molecule is c1ccc(-n2cnc3c(NC4CC4)nc(Nc4ccncn4)nc32)cc1. The van der Waals surface area contributed by atoms with Crippen molar-refractivity contribution >= 4 is 28.7 Å². The van der Waals surface area contributed by atoms with E-state index in [2.05, 4.69) is 35.6 Å². The zero-order chi connectivity index (χ0) is 17.3. The number of benzene rings is 1. The Morgan fingerprint density at radius 3 is 2.65 bits per heavy atom. The predicted molar refractivity (Wildman–Crippen MR) is 98.6 cm³/mol. The van der Waals surface area contributed by atoms with Gasteiger partial charge in [0.1, 0.15) is 18.5 Å². The van der Waals surface area contributed by atoms with Crippen molar-refractivity contribution < 1.29 is 0 Å². The fraction of sp³-hybridized carbons (Fsp3) is 0.167. The highest BCUT2D eigenvalue weighted by Gasteiger charge is 2.24. The highest BCUT2D eigenvalue weighted by atomic mass is 15.2. The number of nitrogens with zero attached hydrogens (tertiary/aromatic N) is 6. The highest BCUT2D eigenvalue weighted by Crippen LogP contribution is 2.29. The third kappa shape index (κ3) is 2.81. The van der Waals surface area contributed by atoms with Crippen LogP contribution in [0.3, 0.4) is 0 Å². The summed E-state index contributed by atoms with van der Waals surface area (Å²) in [7, 11) is 0. The van der Waals surface area contributed by atoms with E-state index in [9.17, 15) is 0 Å². The van der Waals surface area contributed by atoms with Crippen molar-refractivity contribution in [3.8, 4) is 5.69 Å². The van der Waals surface area contributed by atoms with E-state index in [1.54, 1.807) is 18.6 Å². The van der Waals surface area contributed by atoms with Crippen LogP contribution in [0.1, 0.15) is 12.8 Å². The van der Waals surface area contributed by atoms with Crippen LogP contribution >= 0.6 is 0 Å². The molecule has 1 saturated carbocycles. The van der Waals surface area contributed by atoms with Gasteiger partial charge in [-0.15, -0.1) is 0 Å². The lowest BCUT2D eigenvalue weighted by Crippen LogP contribution is -2.08. The summed E-state index contributed by atoms with van der Waals surface area (Å²) in [5, 5.41) is 6.59. The van der Waals surface area contributed by atoms with Gasteiger partial charge in [-0.05, 0) is 31.0 Å². The number of aromatic nitrogens is 6. The zero-order valence-electron chi connectivity index (χ0n) is 13.9. The molecular formula is C18H16N8. The number of imidazole rings is 1. The van der Waals surface area contributed by atoms with Crippen LogP contribution < -0.4 is 10.6 Å². The Hall–Kier alpha value is -3.55. The van der Waals surface area contributed by atoms with Crippen molar-refractivity contribution in [3.05, 3.63) is 55.2 Å². The van der Waals surface area contributed by atoms with Gasteiger partial charge in [0.15, 0.2) is 17.0 Å². The summed E-state index contributed by atoms with van der Waals surface area (Å²) in [5.74, 6) is 1.85. The van der Waals surface area contributed by atoms with Gasteiger partial charge < -0.3 is 10.6 Å². The number of anilines is 3. The maximum Gasteiger partial charge on any atom is 0.232 e. The molecule has 1 fully saturated rings. The molecule has 8 heteroatoms. The lowest BCUT2D eigenvalue weighted by atomic mass is 10.3. The molecular weight excluding hydrogens is 328 g/mol. The van der Waals surface area contributed by atoms with E-state index in [0.29, 0.717) is 17.8 Å². The smallest absolute Gasteiger partial charge is 0.232 e. The molecule has 0 bridgehead atoms. The van der Waals surface area contributed by atoms with E-state index in [-0.39, 0.29) is 0 Å². The van der Waals surface area contributed by atoms with E-state index >= 15 is 0 Å². The predicted octanol–water partition coefficient (Wildman–Crippen LogP) is 2.92. The number of hydrogen-bond donors (Lipinski definition) is 2. The summed E-state index contributed by atoms with van der Waals surface area (Å²) >= 11 is 0. The van der Waals surface area contributed by atoms with Crippen molar-refractivity contribution in [2.45, 2.75) is 18.9 Å².